The maximum absolute atomic E-state index is 12.8. The van der Waals surface area contributed by atoms with Gasteiger partial charge in [0.1, 0.15) is 5.82 Å². The highest BCUT2D eigenvalue weighted by Crippen LogP contribution is 2.62. The first kappa shape index (κ1) is 17.1. The van der Waals surface area contributed by atoms with Crippen molar-refractivity contribution in [2.24, 2.45) is 22.8 Å². The topological polar surface area (TPSA) is 68.2 Å². The number of nitrogens with two attached hydrogens (primary N) is 2. The minimum Gasteiger partial charge on any atom is -0.357 e. The number of hydrogen-bond donors (Lipinski definition) is 2. The molecular formula is C18H25F3N4. The molecule has 1 saturated heterocycles. The Morgan fingerprint density at radius 2 is 1.76 bits per heavy atom. The summed E-state index contributed by atoms with van der Waals surface area (Å²) in [5.74, 6) is -0.442. The number of alkyl halides is 3. The van der Waals surface area contributed by atoms with Crippen LogP contribution in [0.5, 0.6) is 0 Å². The zero-order valence-electron chi connectivity index (χ0n) is 14.2. The molecule has 2 saturated carbocycles. The van der Waals surface area contributed by atoms with E-state index in [1.165, 1.54) is 0 Å². The summed E-state index contributed by atoms with van der Waals surface area (Å²) in [4.78, 5) is 6.42. The Bertz CT molecular complexity index is 621. The first-order valence-corrected chi connectivity index (χ1v) is 9.02. The Morgan fingerprint density at radius 3 is 2.24 bits per heavy atom. The van der Waals surface area contributed by atoms with Gasteiger partial charge in [0.05, 0.1) is 5.92 Å². The molecule has 0 aromatic carbocycles. The summed E-state index contributed by atoms with van der Waals surface area (Å²) in [6.07, 6.45) is 2.01. The van der Waals surface area contributed by atoms with E-state index in [2.05, 4.69) is 4.98 Å². The second-order valence-corrected chi connectivity index (χ2v) is 8.39. The summed E-state index contributed by atoms with van der Waals surface area (Å²) in [6.45, 7) is 0.788. The highest BCUT2D eigenvalue weighted by atomic mass is 19.4. The number of piperidine rings is 1. The number of anilines is 1. The summed E-state index contributed by atoms with van der Waals surface area (Å²) >= 11 is 0. The van der Waals surface area contributed by atoms with Gasteiger partial charge in [-0.25, -0.2) is 4.98 Å². The van der Waals surface area contributed by atoms with Gasteiger partial charge in [0.15, 0.2) is 0 Å². The molecule has 138 valence electrons. The van der Waals surface area contributed by atoms with Crippen LogP contribution in [0.3, 0.4) is 0 Å². The first-order chi connectivity index (χ1) is 11.7. The highest BCUT2D eigenvalue weighted by molar-refractivity contribution is 5.42. The smallest absolute Gasteiger partial charge is 0.357 e. The van der Waals surface area contributed by atoms with Crippen molar-refractivity contribution in [3.8, 4) is 0 Å². The molecule has 1 spiro atoms. The van der Waals surface area contributed by atoms with Crippen LogP contribution >= 0.6 is 0 Å². The Kier molecular flexibility index (Phi) is 3.81. The summed E-state index contributed by atoms with van der Waals surface area (Å²) < 4.78 is 38.3. The van der Waals surface area contributed by atoms with E-state index in [0.29, 0.717) is 24.5 Å². The third-order valence-electron chi connectivity index (χ3n) is 6.38. The van der Waals surface area contributed by atoms with Crippen molar-refractivity contribution >= 4 is 5.82 Å². The van der Waals surface area contributed by atoms with Crippen LogP contribution in [0.25, 0.3) is 0 Å². The molecule has 2 aliphatic carbocycles. The van der Waals surface area contributed by atoms with Crippen LogP contribution in [0.15, 0.2) is 18.3 Å². The van der Waals surface area contributed by atoms with Crippen LogP contribution in [0.1, 0.15) is 44.1 Å². The fraction of sp³-hybridized carbons (Fsp3) is 0.722. The predicted octanol–water partition coefficient (Wildman–Crippen LogP) is 2.92. The van der Waals surface area contributed by atoms with Gasteiger partial charge in [-0.2, -0.15) is 13.2 Å². The number of halogens is 3. The summed E-state index contributed by atoms with van der Waals surface area (Å²) in [7, 11) is 0. The van der Waals surface area contributed by atoms with Crippen LogP contribution in [-0.4, -0.2) is 30.3 Å². The van der Waals surface area contributed by atoms with Crippen LogP contribution in [0.4, 0.5) is 19.0 Å². The number of nitrogens with zero attached hydrogens (tertiary/aromatic N) is 2. The molecule has 4 rings (SSSR count). The van der Waals surface area contributed by atoms with E-state index in [0.717, 1.165) is 37.1 Å². The zero-order chi connectivity index (χ0) is 17.9. The van der Waals surface area contributed by atoms with Gasteiger partial charge in [0.25, 0.3) is 0 Å². The van der Waals surface area contributed by atoms with Crippen molar-refractivity contribution in [1.82, 2.24) is 4.98 Å². The molecule has 0 bridgehead atoms. The van der Waals surface area contributed by atoms with Crippen molar-refractivity contribution in [3.63, 3.8) is 0 Å². The zero-order valence-corrected chi connectivity index (χ0v) is 14.2. The Morgan fingerprint density at radius 1 is 1.12 bits per heavy atom. The molecule has 2 heterocycles. The van der Waals surface area contributed by atoms with Crippen molar-refractivity contribution < 1.29 is 13.2 Å². The molecule has 0 radical (unpaired) electrons. The molecule has 1 aliphatic heterocycles. The average molecular weight is 354 g/mol. The maximum atomic E-state index is 12.8. The molecule has 4 N–H and O–H groups in total. The van der Waals surface area contributed by atoms with Crippen molar-refractivity contribution in [2.75, 3.05) is 18.0 Å². The van der Waals surface area contributed by atoms with Gasteiger partial charge in [0.2, 0.25) is 0 Å². The lowest BCUT2D eigenvalue weighted by molar-refractivity contribution is -0.179. The number of rotatable bonds is 2. The minimum atomic E-state index is -4.08. The first-order valence-electron chi connectivity index (χ1n) is 9.02. The van der Waals surface area contributed by atoms with Crippen LogP contribution in [-0.2, 0) is 5.54 Å². The SMILES string of the molecule is NC1CC2(C1)CC(N)(c1ccc(N3CCC(C(F)(F)F)CC3)nc1)C2. The van der Waals surface area contributed by atoms with Crippen LogP contribution in [0.2, 0.25) is 0 Å². The lowest BCUT2D eigenvalue weighted by Gasteiger charge is -2.61. The van der Waals surface area contributed by atoms with E-state index in [1.54, 1.807) is 6.20 Å². The van der Waals surface area contributed by atoms with E-state index in [-0.39, 0.29) is 18.4 Å². The second kappa shape index (κ2) is 5.58. The van der Waals surface area contributed by atoms with E-state index < -0.39 is 12.1 Å². The van der Waals surface area contributed by atoms with Crippen molar-refractivity contribution in [2.45, 2.75) is 56.3 Å². The lowest BCUT2D eigenvalue weighted by atomic mass is 9.46. The standard InChI is InChI=1S/C18H25F3N4/c19-18(20,21)12-3-5-25(6-4-12)15-2-1-13(9-24-15)17(23)10-16(11-17)7-14(22)8-16/h1-2,9,12,14H,3-8,10-11,22-23H2. The fourth-order valence-electron chi connectivity index (χ4n) is 5.14. The molecule has 0 amide bonds. The van der Waals surface area contributed by atoms with Gasteiger partial charge in [0, 0.05) is 30.9 Å². The van der Waals surface area contributed by atoms with Crippen molar-refractivity contribution in [3.05, 3.63) is 23.9 Å². The quantitative estimate of drug-likeness (QED) is 0.857. The summed E-state index contributed by atoms with van der Waals surface area (Å²) in [5.41, 5.74) is 13.5. The summed E-state index contributed by atoms with van der Waals surface area (Å²) in [6, 6.07) is 4.21. The predicted molar refractivity (Wildman–Crippen MR) is 90.0 cm³/mol. The molecule has 25 heavy (non-hydrogen) atoms. The van der Waals surface area contributed by atoms with Crippen molar-refractivity contribution in [1.29, 1.82) is 0 Å². The molecule has 0 unspecified atom stereocenters. The number of hydrogen-bond acceptors (Lipinski definition) is 4. The minimum absolute atomic E-state index is 0.135. The molecule has 3 fully saturated rings. The summed E-state index contributed by atoms with van der Waals surface area (Å²) in [5, 5.41) is 0. The second-order valence-electron chi connectivity index (χ2n) is 8.39. The third-order valence-corrected chi connectivity index (χ3v) is 6.38. The maximum Gasteiger partial charge on any atom is 0.391 e. The Hall–Kier alpha value is -1.34. The van der Waals surface area contributed by atoms with E-state index in [4.69, 9.17) is 11.5 Å². The van der Waals surface area contributed by atoms with Gasteiger partial charge < -0.3 is 16.4 Å². The molecule has 1 aromatic heterocycles. The van der Waals surface area contributed by atoms with Crippen LogP contribution < -0.4 is 16.4 Å². The van der Waals surface area contributed by atoms with Gasteiger partial charge in [-0.1, -0.05) is 6.07 Å². The van der Waals surface area contributed by atoms with E-state index in [9.17, 15) is 13.2 Å². The monoisotopic (exact) mass is 354 g/mol. The van der Waals surface area contributed by atoms with Gasteiger partial charge in [-0.15, -0.1) is 0 Å². The molecule has 3 aliphatic rings. The van der Waals surface area contributed by atoms with Gasteiger partial charge >= 0.3 is 6.18 Å². The molecular weight excluding hydrogens is 329 g/mol. The molecule has 0 atom stereocenters. The van der Waals surface area contributed by atoms with Crippen LogP contribution in [0, 0.1) is 11.3 Å². The highest BCUT2D eigenvalue weighted by Gasteiger charge is 2.58. The third kappa shape index (κ3) is 3.01. The van der Waals surface area contributed by atoms with E-state index in [1.807, 2.05) is 17.0 Å². The number of aromatic nitrogens is 1. The lowest BCUT2D eigenvalue weighted by Crippen LogP contribution is -2.63. The van der Waals surface area contributed by atoms with Gasteiger partial charge in [-0.3, -0.25) is 0 Å². The molecule has 7 heteroatoms. The fourth-order valence-corrected chi connectivity index (χ4v) is 5.14. The largest absolute Gasteiger partial charge is 0.391 e. The molecule has 4 nitrogen and oxygen atoms in total. The Balaban J connectivity index is 1.37. The number of pyridine rings is 1. The normalized spacial score (nSPS) is 36.2. The average Bonchev–Trinajstić information content (AvgIpc) is 2.51. The van der Waals surface area contributed by atoms with Gasteiger partial charge in [-0.05, 0) is 55.6 Å². The molecule has 1 aromatic rings. The Labute approximate surface area is 145 Å². The van der Waals surface area contributed by atoms with E-state index >= 15 is 0 Å².